The van der Waals surface area contributed by atoms with Crippen LogP contribution >= 0.6 is 0 Å². The van der Waals surface area contributed by atoms with Gasteiger partial charge in [-0.05, 0) is 30.5 Å². The molecular formula is C18H25FN2O2. The van der Waals surface area contributed by atoms with E-state index in [1.54, 1.807) is 12.1 Å². The molecule has 2 aliphatic heterocycles. The summed E-state index contributed by atoms with van der Waals surface area (Å²) in [5.74, 6) is -0.156. The van der Waals surface area contributed by atoms with E-state index in [2.05, 4.69) is 24.5 Å². The second-order valence-electron chi connectivity index (χ2n) is 7.40. The molecule has 0 unspecified atom stereocenters. The molecule has 2 heterocycles. The second-order valence-corrected chi connectivity index (χ2v) is 7.40. The van der Waals surface area contributed by atoms with Crippen molar-refractivity contribution in [3.8, 4) is 0 Å². The Morgan fingerprint density at radius 2 is 2.13 bits per heavy atom. The normalized spacial score (nSPS) is 24.0. The van der Waals surface area contributed by atoms with E-state index in [9.17, 15) is 9.18 Å². The predicted molar refractivity (Wildman–Crippen MR) is 86.7 cm³/mol. The lowest BCUT2D eigenvalue weighted by atomic mass is 9.75. The van der Waals surface area contributed by atoms with E-state index in [0.717, 1.165) is 18.4 Å². The van der Waals surface area contributed by atoms with Crippen molar-refractivity contribution >= 4 is 5.91 Å². The van der Waals surface area contributed by atoms with Crippen molar-refractivity contribution in [2.75, 3.05) is 26.3 Å². The van der Waals surface area contributed by atoms with Gasteiger partial charge in [0.05, 0.1) is 6.04 Å². The molecule has 1 aromatic rings. The van der Waals surface area contributed by atoms with Gasteiger partial charge in [0, 0.05) is 37.1 Å². The number of amides is 1. The van der Waals surface area contributed by atoms with E-state index in [4.69, 9.17) is 4.74 Å². The first-order valence-electron chi connectivity index (χ1n) is 8.28. The predicted octanol–water partition coefficient (Wildman–Crippen LogP) is 1.99. The van der Waals surface area contributed by atoms with Gasteiger partial charge in [-0.25, -0.2) is 4.39 Å². The Kier molecular flexibility index (Phi) is 4.43. The molecule has 0 radical (unpaired) electrons. The van der Waals surface area contributed by atoms with Gasteiger partial charge < -0.3 is 15.4 Å². The number of ether oxygens (including phenoxy) is 1. The fourth-order valence-electron chi connectivity index (χ4n) is 3.67. The van der Waals surface area contributed by atoms with Crippen LogP contribution in [0.5, 0.6) is 0 Å². The fourth-order valence-corrected chi connectivity index (χ4v) is 3.67. The first kappa shape index (κ1) is 16.4. The van der Waals surface area contributed by atoms with Gasteiger partial charge in [-0.15, -0.1) is 0 Å². The smallest absolute Gasteiger partial charge is 0.237 e. The largest absolute Gasteiger partial charge is 0.381 e. The maximum atomic E-state index is 13.5. The van der Waals surface area contributed by atoms with Crippen molar-refractivity contribution < 1.29 is 13.9 Å². The van der Waals surface area contributed by atoms with E-state index in [1.165, 1.54) is 6.07 Å². The Balaban J connectivity index is 1.71. The molecule has 1 atom stereocenters. The van der Waals surface area contributed by atoms with Crippen molar-refractivity contribution in [2.45, 2.75) is 38.1 Å². The minimum atomic E-state index is -0.253. The number of benzene rings is 1. The van der Waals surface area contributed by atoms with Gasteiger partial charge in [-0.3, -0.25) is 4.79 Å². The monoisotopic (exact) mass is 320 g/mol. The molecule has 2 N–H and O–H groups in total. The van der Waals surface area contributed by atoms with Crippen LogP contribution in [0.1, 0.15) is 32.3 Å². The van der Waals surface area contributed by atoms with Crippen molar-refractivity contribution in [3.63, 3.8) is 0 Å². The number of carbonyl (C=O) groups is 1. The van der Waals surface area contributed by atoms with Crippen molar-refractivity contribution in [2.24, 2.45) is 5.41 Å². The molecule has 5 heteroatoms. The highest BCUT2D eigenvalue weighted by Crippen LogP contribution is 2.37. The zero-order chi connectivity index (χ0) is 16.5. The van der Waals surface area contributed by atoms with Crippen LogP contribution in [0, 0.1) is 11.2 Å². The molecule has 0 aromatic heterocycles. The first-order chi connectivity index (χ1) is 10.9. The second kappa shape index (κ2) is 6.21. The highest BCUT2D eigenvalue weighted by atomic mass is 19.1. The topological polar surface area (TPSA) is 50.4 Å². The number of hydrogen-bond acceptors (Lipinski definition) is 3. The van der Waals surface area contributed by atoms with E-state index in [-0.39, 0.29) is 28.6 Å². The van der Waals surface area contributed by atoms with Crippen LogP contribution in [0.25, 0.3) is 0 Å². The fraction of sp³-hybridized carbons (Fsp3) is 0.611. The standard InChI is InChI=1S/C18H25FN2O2/c1-17(2,13-4-3-5-14(19)10-13)11-20-15-16(22)21-12-18(15)6-8-23-9-7-18/h3-5,10,15,20H,6-9,11-12H2,1-2H3,(H,21,22)/t15-/m0/s1. The molecule has 2 aliphatic rings. The molecule has 23 heavy (non-hydrogen) atoms. The Labute approximate surface area is 136 Å². The molecule has 3 rings (SSSR count). The molecule has 2 fully saturated rings. The van der Waals surface area contributed by atoms with Crippen molar-refractivity contribution in [1.29, 1.82) is 0 Å². The summed E-state index contributed by atoms with van der Waals surface area (Å²) in [5, 5.41) is 6.46. The van der Waals surface area contributed by atoms with Crippen molar-refractivity contribution in [3.05, 3.63) is 35.6 Å². The van der Waals surface area contributed by atoms with E-state index < -0.39 is 0 Å². The molecule has 1 amide bonds. The summed E-state index contributed by atoms with van der Waals surface area (Å²) in [6.07, 6.45) is 1.79. The minimum absolute atomic E-state index is 0.0483. The average Bonchev–Trinajstić information content (AvgIpc) is 2.82. The zero-order valence-electron chi connectivity index (χ0n) is 13.8. The summed E-state index contributed by atoms with van der Waals surface area (Å²) < 4.78 is 18.9. The number of halogens is 1. The van der Waals surface area contributed by atoms with Crippen LogP contribution in [0.2, 0.25) is 0 Å². The van der Waals surface area contributed by atoms with Gasteiger partial charge in [0.1, 0.15) is 5.82 Å². The first-order valence-corrected chi connectivity index (χ1v) is 8.28. The lowest BCUT2D eigenvalue weighted by Gasteiger charge is -2.38. The lowest BCUT2D eigenvalue weighted by Crippen LogP contribution is -2.52. The van der Waals surface area contributed by atoms with E-state index in [1.807, 2.05) is 6.07 Å². The quantitative estimate of drug-likeness (QED) is 0.892. The Morgan fingerprint density at radius 3 is 2.83 bits per heavy atom. The van der Waals surface area contributed by atoms with Gasteiger partial charge in [0.15, 0.2) is 0 Å². The highest BCUT2D eigenvalue weighted by Gasteiger charge is 2.49. The number of hydrogen-bond donors (Lipinski definition) is 2. The molecular weight excluding hydrogens is 295 g/mol. The van der Waals surface area contributed by atoms with Gasteiger partial charge >= 0.3 is 0 Å². The van der Waals surface area contributed by atoms with Crippen LogP contribution in [0.3, 0.4) is 0 Å². The Morgan fingerprint density at radius 1 is 1.39 bits per heavy atom. The number of rotatable bonds is 4. The van der Waals surface area contributed by atoms with E-state index in [0.29, 0.717) is 26.3 Å². The van der Waals surface area contributed by atoms with Crippen LogP contribution in [-0.4, -0.2) is 38.3 Å². The summed E-state index contributed by atoms with van der Waals surface area (Å²) in [6, 6.07) is 6.49. The van der Waals surface area contributed by atoms with Crippen LogP contribution in [-0.2, 0) is 14.9 Å². The third kappa shape index (κ3) is 3.26. The van der Waals surface area contributed by atoms with E-state index >= 15 is 0 Å². The summed E-state index contributed by atoms with van der Waals surface area (Å²) in [6.45, 7) is 6.89. The summed E-state index contributed by atoms with van der Waals surface area (Å²) in [7, 11) is 0. The summed E-state index contributed by atoms with van der Waals surface area (Å²) >= 11 is 0. The molecule has 0 saturated carbocycles. The third-order valence-corrected chi connectivity index (χ3v) is 5.33. The Hall–Kier alpha value is -1.46. The molecule has 0 bridgehead atoms. The molecule has 2 saturated heterocycles. The molecule has 1 aromatic carbocycles. The Bertz CT molecular complexity index is 582. The lowest BCUT2D eigenvalue weighted by molar-refractivity contribution is -0.122. The SMILES string of the molecule is CC(C)(CN[C@H]1C(=O)NCC12CCOCC2)c1cccc(F)c1. The highest BCUT2D eigenvalue weighted by molar-refractivity contribution is 5.85. The number of carbonyl (C=O) groups excluding carboxylic acids is 1. The summed E-state index contributed by atoms with van der Waals surface area (Å²) in [4.78, 5) is 12.3. The van der Waals surface area contributed by atoms with Crippen molar-refractivity contribution in [1.82, 2.24) is 10.6 Å². The van der Waals surface area contributed by atoms with Crippen LogP contribution in [0.15, 0.2) is 24.3 Å². The van der Waals surface area contributed by atoms with Gasteiger partial charge in [0.25, 0.3) is 0 Å². The molecule has 0 aliphatic carbocycles. The third-order valence-electron chi connectivity index (χ3n) is 5.33. The van der Waals surface area contributed by atoms with Crippen LogP contribution in [0.4, 0.5) is 4.39 Å². The van der Waals surface area contributed by atoms with Gasteiger partial charge in [-0.1, -0.05) is 26.0 Å². The average molecular weight is 320 g/mol. The molecule has 126 valence electrons. The summed E-state index contributed by atoms with van der Waals surface area (Å²) in [5.41, 5.74) is 0.634. The molecule has 4 nitrogen and oxygen atoms in total. The maximum Gasteiger partial charge on any atom is 0.237 e. The maximum absolute atomic E-state index is 13.5. The minimum Gasteiger partial charge on any atom is -0.381 e. The number of nitrogens with one attached hydrogen (secondary N) is 2. The molecule has 1 spiro atoms. The van der Waals surface area contributed by atoms with Crippen LogP contribution < -0.4 is 10.6 Å². The van der Waals surface area contributed by atoms with Gasteiger partial charge in [-0.2, -0.15) is 0 Å². The van der Waals surface area contributed by atoms with Gasteiger partial charge in [0.2, 0.25) is 5.91 Å². The zero-order valence-corrected chi connectivity index (χ0v) is 13.8.